The molecule has 2 aromatic heterocycles. The van der Waals surface area contributed by atoms with E-state index < -0.39 is 0 Å². The Hall–Kier alpha value is -6.12. The Kier molecular flexibility index (Phi) is 5.31. The molecule has 0 amide bonds. The molecule has 214 valence electrons. The third kappa shape index (κ3) is 3.65. The number of hydrogen-bond donors (Lipinski definition) is 0. The summed E-state index contributed by atoms with van der Waals surface area (Å²) >= 11 is 0. The zero-order valence-corrected chi connectivity index (χ0v) is 25.1. The largest absolute Gasteiger partial charge is 0.309 e. The maximum atomic E-state index is 2.45. The summed E-state index contributed by atoms with van der Waals surface area (Å²) in [6, 6.07) is 62.1. The number of nitrogens with zero attached hydrogens (tertiary/aromatic N) is 2. The van der Waals surface area contributed by atoms with E-state index in [1.807, 2.05) is 0 Å². The fourth-order valence-corrected chi connectivity index (χ4v) is 7.59. The van der Waals surface area contributed by atoms with Crippen molar-refractivity contribution in [3.05, 3.63) is 170 Å². The maximum absolute atomic E-state index is 2.45. The lowest BCUT2D eigenvalue weighted by Crippen LogP contribution is -1.96. The summed E-state index contributed by atoms with van der Waals surface area (Å²) in [4.78, 5) is 0. The van der Waals surface area contributed by atoms with Crippen LogP contribution in [0.15, 0.2) is 170 Å². The third-order valence-corrected chi connectivity index (χ3v) is 9.66. The van der Waals surface area contributed by atoms with Crippen LogP contribution in [0, 0.1) is 0 Å². The Bertz CT molecular complexity index is 2810. The van der Waals surface area contributed by atoms with E-state index in [2.05, 4.69) is 179 Å². The van der Waals surface area contributed by atoms with Gasteiger partial charge in [-0.2, -0.15) is 0 Å². The second-order valence-electron chi connectivity index (χ2n) is 12.2. The Morgan fingerprint density at radius 1 is 0.283 bits per heavy atom. The van der Waals surface area contributed by atoms with Gasteiger partial charge in [0.05, 0.1) is 22.1 Å². The van der Waals surface area contributed by atoms with Gasteiger partial charge in [-0.3, -0.25) is 0 Å². The topological polar surface area (TPSA) is 9.86 Å². The average molecular weight is 585 g/mol. The molecule has 0 fully saturated rings. The van der Waals surface area contributed by atoms with Crippen molar-refractivity contribution in [1.29, 1.82) is 0 Å². The minimum atomic E-state index is 1.16. The predicted molar refractivity (Wildman–Crippen MR) is 196 cm³/mol. The molecule has 0 aliphatic rings. The zero-order chi connectivity index (χ0) is 30.2. The van der Waals surface area contributed by atoms with Gasteiger partial charge in [-0.15, -0.1) is 0 Å². The highest BCUT2D eigenvalue weighted by Crippen LogP contribution is 2.40. The summed E-state index contributed by atoms with van der Waals surface area (Å²) in [5.74, 6) is 0. The Morgan fingerprint density at radius 2 is 0.848 bits per heavy atom. The molecular formula is C44H28N2. The number of para-hydroxylation sites is 2. The molecule has 10 aromatic rings. The van der Waals surface area contributed by atoms with Crippen molar-refractivity contribution < 1.29 is 0 Å². The van der Waals surface area contributed by atoms with Crippen molar-refractivity contribution in [2.24, 2.45) is 0 Å². The molecule has 0 saturated heterocycles. The van der Waals surface area contributed by atoms with Crippen molar-refractivity contribution in [2.75, 3.05) is 0 Å². The summed E-state index contributed by atoms with van der Waals surface area (Å²) in [7, 11) is 0. The molecule has 2 nitrogen and oxygen atoms in total. The smallest absolute Gasteiger partial charge is 0.0562 e. The van der Waals surface area contributed by atoms with Crippen LogP contribution in [0.25, 0.3) is 87.7 Å². The van der Waals surface area contributed by atoms with E-state index in [1.54, 1.807) is 0 Å². The van der Waals surface area contributed by atoms with E-state index in [0.29, 0.717) is 0 Å². The van der Waals surface area contributed by atoms with Gasteiger partial charge < -0.3 is 9.13 Å². The molecule has 0 aliphatic heterocycles. The molecule has 10 rings (SSSR count). The second-order valence-corrected chi connectivity index (χ2v) is 12.2. The van der Waals surface area contributed by atoms with E-state index in [1.165, 1.54) is 82.0 Å². The van der Waals surface area contributed by atoms with Crippen LogP contribution in [-0.2, 0) is 0 Å². The van der Waals surface area contributed by atoms with Crippen LogP contribution in [0.3, 0.4) is 0 Å². The number of fused-ring (bicyclic) bond motifs is 8. The first-order valence-corrected chi connectivity index (χ1v) is 15.9. The van der Waals surface area contributed by atoms with Gasteiger partial charge in [0.15, 0.2) is 0 Å². The first-order valence-electron chi connectivity index (χ1n) is 15.9. The van der Waals surface area contributed by atoms with Crippen molar-refractivity contribution in [3.8, 4) is 22.5 Å². The van der Waals surface area contributed by atoms with Crippen molar-refractivity contribution in [3.63, 3.8) is 0 Å². The minimum Gasteiger partial charge on any atom is -0.309 e. The highest BCUT2D eigenvalue weighted by Gasteiger charge is 2.19. The molecular weight excluding hydrogens is 556 g/mol. The van der Waals surface area contributed by atoms with Gasteiger partial charge in [0.25, 0.3) is 0 Å². The van der Waals surface area contributed by atoms with Gasteiger partial charge in [-0.1, -0.05) is 121 Å². The summed E-state index contributed by atoms with van der Waals surface area (Å²) < 4.78 is 4.88. The average Bonchev–Trinajstić information content (AvgIpc) is 3.62. The van der Waals surface area contributed by atoms with Crippen LogP contribution in [0.4, 0.5) is 0 Å². The van der Waals surface area contributed by atoms with E-state index in [-0.39, 0.29) is 0 Å². The molecule has 0 bridgehead atoms. The van der Waals surface area contributed by atoms with Crippen LogP contribution in [0.5, 0.6) is 0 Å². The molecule has 46 heavy (non-hydrogen) atoms. The van der Waals surface area contributed by atoms with Crippen molar-refractivity contribution in [1.82, 2.24) is 9.13 Å². The standard InChI is InChI=1S/C44H28N2/c1-2-13-31-25-34(24-23-29(31)11-1)46-42-22-8-6-19-38(42)40-27-39-37-18-5-7-21-41(37)45(43(39)28-44(40)46)33-16-9-15-32(26-33)36-20-10-14-30-12-3-4-17-35(30)36/h1-28H. The quantitative estimate of drug-likeness (QED) is 0.195. The number of rotatable bonds is 3. The van der Waals surface area contributed by atoms with Crippen LogP contribution in [-0.4, -0.2) is 9.13 Å². The number of aromatic nitrogens is 2. The van der Waals surface area contributed by atoms with Gasteiger partial charge in [0, 0.05) is 32.9 Å². The van der Waals surface area contributed by atoms with Gasteiger partial charge in [-0.25, -0.2) is 0 Å². The van der Waals surface area contributed by atoms with Crippen molar-refractivity contribution in [2.45, 2.75) is 0 Å². The van der Waals surface area contributed by atoms with Gasteiger partial charge in [-0.05, 0) is 81.2 Å². The van der Waals surface area contributed by atoms with Crippen LogP contribution in [0.1, 0.15) is 0 Å². The van der Waals surface area contributed by atoms with E-state index in [4.69, 9.17) is 0 Å². The molecule has 2 heterocycles. The highest BCUT2D eigenvalue weighted by molar-refractivity contribution is 6.19. The lowest BCUT2D eigenvalue weighted by atomic mass is 9.98. The molecule has 0 N–H and O–H groups in total. The molecule has 2 heteroatoms. The normalized spacial score (nSPS) is 11.9. The molecule has 0 unspecified atom stereocenters. The Balaban J connectivity index is 1.28. The SMILES string of the molecule is c1cc(-c2cccc3ccccc23)cc(-n2c3ccccc3c3cc4c5ccccc5n(-c5ccc6ccccc6c5)c4cc32)c1. The van der Waals surface area contributed by atoms with Crippen LogP contribution >= 0.6 is 0 Å². The fraction of sp³-hybridized carbons (Fsp3) is 0. The fourth-order valence-electron chi connectivity index (χ4n) is 7.59. The third-order valence-electron chi connectivity index (χ3n) is 9.66. The lowest BCUT2D eigenvalue weighted by molar-refractivity contribution is 1.17. The summed E-state index contributed by atoms with van der Waals surface area (Å²) in [6.07, 6.45) is 0. The van der Waals surface area contributed by atoms with Gasteiger partial charge in [0.1, 0.15) is 0 Å². The minimum absolute atomic E-state index is 1.16. The summed E-state index contributed by atoms with van der Waals surface area (Å²) in [5.41, 5.74) is 9.63. The molecule has 0 spiro atoms. The first-order chi connectivity index (χ1) is 22.8. The molecule has 0 aliphatic carbocycles. The first kappa shape index (κ1) is 25.2. The van der Waals surface area contributed by atoms with Crippen molar-refractivity contribution >= 4 is 65.2 Å². The van der Waals surface area contributed by atoms with Crippen LogP contribution < -0.4 is 0 Å². The predicted octanol–water partition coefficient (Wildman–Crippen LogP) is 11.9. The Morgan fingerprint density at radius 3 is 1.59 bits per heavy atom. The molecule has 0 radical (unpaired) electrons. The molecule has 0 saturated carbocycles. The highest BCUT2D eigenvalue weighted by atomic mass is 15.0. The molecule has 8 aromatic carbocycles. The van der Waals surface area contributed by atoms with E-state index >= 15 is 0 Å². The van der Waals surface area contributed by atoms with E-state index in [0.717, 1.165) is 5.69 Å². The lowest BCUT2D eigenvalue weighted by Gasteiger charge is -2.13. The maximum Gasteiger partial charge on any atom is 0.0562 e. The van der Waals surface area contributed by atoms with Crippen LogP contribution in [0.2, 0.25) is 0 Å². The second kappa shape index (κ2) is 9.69. The Labute approximate surface area is 266 Å². The van der Waals surface area contributed by atoms with Gasteiger partial charge >= 0.3 is 0 Å². The van der Waals surface area contributed by atoms with Gasteiger partial charge in [0.2, 0.25) is 0 Å². The number of hydrogen-bond acceptors (Lipinski definition) is 0. The monoisotopic (exact) mass is 584 g/mol. The zero-order valence-electron chi connectivity index (χ0n) is 25.1. The summed E-state index contributed by atoms with van der Waals surface area (Å²) in [6.45, 7) is 0. The van der Waals surface area contributed by atoms with E-state index in [9.17, 15) is 0 Å². The summed E-state index contributed by atoms with van der Waals surface area (Å²) in [5, 5.41) is 10.1. The molecule has 0 atom stereocenters. The number of benzene rings is 8.